The predicted octanol–water partition coefficient (Wildman–Crippen LogP) is 2.97. The van der Waals surface area contributed by atoms with Crippen molar-refractivity contribution in [1.29, 1.82) is 0 Å². The molecule has 0 aliphatic carbocycles. The van der Waals surface area contributed by atoms with Gasteiger partial charge in [-0.05, 0) is 44.6 Å². The summed E-state index contributed by atoms with van der Waals surface area (Å²) in [5.41, 5.74) is 2.32. The molecule has 134 valence electrons. The van der Waals surface area contributed by atoms with Crippen molar-refractivity contribution in [1.82, 2.24) is 19.4 Å². The first-order valence-electron chi connectivity index (χ1n) is 8.15. The molecule has 4 heterocycles. The summed E-state index contributed by atoms with van der Waals surface area (Å²) in [4.78, 5) is 0. The quantitative estimate of drug-likeness (QED) is 0.513. The van der Waals surface area contributed by atoms with Crippen LogP contribution in [0.4, 0.5) is 0 Å². The summed E-state index contributed by atoms with van der Waals surface area (Å²) in [5.74, 6) is 1.35. The van der Waals surface area contributed by atoms with Crippen LogP contribution in [0.15, 0.2) is 36.5 Å². The maximum Gasteiger partial charge on any atom is 0.231 e. The Balaban J connectivity index is 0.000000241. The molecule has 1 aliphatic heterocycles. The molecule has 2 radical (unpaired) electrons. The minimum atomic E-state index is 0. The molecule has 0 saturated carbocycles. The summed E-state index contributed by atoms with van der Waals surface area (Å²) in [6.07, 6.45) is 5.52. The van der Waals surface area contributed by atoms with E-state index in [1.54, 1.807) is 4.52 Å². The van der Waals surface area contributed by atoms with Gasteiger partial charge in [-0.2, -0.15) is 0 Å². The van der Waals surface area contributed by atoms with Crippen LogP contribution in [0.3, 0.4) is 0 Å². The number of aromatic nitrogens is 4. The summed E-state index contributed by atoms with van der Waals surface area (Å²) in [5, 5.41) is 8.45. The normalized spacial score (nSPS) is 12.1. The number of rotatable bonds is 4. The van der Waals surface area contributed by atoms with Gasteiger partial charge >= 0.3 is 0 Å². The Hall–Kier alpha value is -0.292. The Morgan fingerprint density at radius 1 is 0.962 bits per heavy atom. The molecule has 0 saturated heterocycles. The van der Waals surface area contributed by atoms with E-state index in [1.165, 1.54) is 18.5 Å². The molecule has 0 spiro atoms. The maximum atomic E-state index is 5.22. The molecule has 26 heavy (non-hydrogen) atoms. The van der Waals surface area contributed by atoms with Gasteiger partial charge in [0.1, 0.15) is 0 Å². The largest absolute Gasteiger partial charge is 0.510 e. The second-order valence-corrected chi connectivity index (χ2v) is 5.40. The number of nitrogens with zero attached hydrogens (tertiary/aromatic N) is 4. The number of hydrogen-bond acceptors (Lipinski definition) is 4. The molecule has 3 aromatic rings. The van der Waals surface area contributed by atoms with Gasteiger partial charge in [-0.3, -0.25) is 4.68 Å². The number of fused-ring (bicyclic) bond motifs is 2. The van der Waals surface area contributed by atoms with Crippen LogP contribution in [-0.2, 0) is 78.4 Å². The van der Waals surface area contributed by atoms with E-state index in [9.17, 15) is 0 Å². The molecular formula is C18H22N4O2Y2-2. The fourth-order valence-corrected chi connectivity index (χ4v) is 2.66. The Morgan fingerprint density at radius 2 is 1.69 bits per heavy atom. The number of pyridine rings is 1. The van der Waals surface area contributed by atoms with E-state index in [4.69, 9.17) is 9.47 Å². The first-order chi connectivity index (χ1) is 11.8. The van der Waals surface area contributed by atoms with Crippen molar-refractivity contribution in [2.45, 2.75) is 25.8 Å². The summed E-state index contributed by atoms with van der Waals surface area (Å²) in [7, 11) is 0. The summed E-state index contributed by atoms with van der Waals surface area (Å²) < 4.78 is 14.2. The Bertz CT molecular complexity index is 732. The smallest absolute Gasteiger partial charge is 0.231 e. The number of hydrogen-bond donors (Lipinski definition) is 0. The molecule has 8 heteroatoms. The fourth-order valence-electron chi connectivity index (χ4n) is 2.66. The van der Waals surface area contributed by atoms with E-state index in [1.807, 2.05) is 41.2 Å². The van der Waals surface area contributed by atoms with Gasteiger partial charge < -0.3 is 23.3 Å². The van der Waals surface area contributed by atoms with E-state index in [2.05, 4.69) is 24.0 Å². The van der Waals surface area contributed by atoms with Crippen LogP contribution < -0.4 is 9.47 Å². The van der Waals surface area contributed by atoms with Crippen molar-refractivity contribution in [3.05, 3.63) is 56.1 Å². The summed E-state index contributed by atoms with van der Waals surface area (Å²) in [6, 6.07) is 9.76. The van der Waals surface area contributed by atoms with Gasteiger partial charge in [0.15, 0.2) is 0 Å². The molecule has 3 aromatic heterocycles. The van der Waals surface area contributed by atoms with Crippen molar-refractivity contribution < 1.29 is 74.9 Å². The van der Waals surface area contributed by atoms with Crippen LogP contribution in [0, 0.1) is 13.8 Å². The third-order valence-electron chi connectivity index (χ3n) is 3.74. The van der Waals surface area contributed by atoms with E-state index in [0.717, 1.165) is 24.4 Å². The third kappa shape index (κ3) is 6.40. The van der Waals surface area contributed by atoms with Crippen molar-refractivity contribution in [2.75, 3.05) is 13.2 Å². The molecule has 0 fully saturated rings. The second-order valence-electron chi connectivity index (χ2n) is 5.40. The zero-order chi connectivity index (χ0) is 16.8. The van der Waals surface area contributed by atoms with Gasteiger partial charge in [0.25, 0.3) is 0 Å². The molecule has 4 rings (SSSR count). The van der Waals surface area contributed by atoms with E-state index in [-0.39, 0.29) is 65.4 Å². The second kappa shape index (κ2) is 12.2. The molecule has 0 unspecified atom stereocenters. The average Bonchev–Trinajstić information content (AvgIpc) is 3.18. The topological polar surface area (TPSA) is 53.6 Å². The molecule has 0 atom stereocenters. The zero-order valence-electron chi connectivity index (χ0n) is 14.9. The van der Waals surface area contributed by atoms with Gasteiger partial charge in [-0.25, -0.2) is 4.52 Å². The van der Waals surface area contributed by atoms with E-state index >= 15 is 0 Å². The first kappa shape index (κ1) is 23.7. The Kier molecular flexibility index (Phi) is 11.2. The third-order valence-corrected chi connectivity index (χ3v) is 3.74. The average molecular weight is 504 g/mol. The van der Waals surface area contributed by atoms with Crippen molar-refractivity contribution in [3.8, 4) is 11.8 Å². The van der Waals surface area contributed by atoms with Gasteiger partial charge in [0.2, 0.25) is 11.8 Å². The Morgan fingerprint density at radius 3 is 2.35 bits per heavy atom. The van der Waals surface area contributed by atoms with Gasteiger partial charge in [0, 0.05) is 96.0 Å². The Labute approximate surface area is 204 Å². The number of aryl methyl sites for hydroxylation is 2. The molecule has 6 nitrogen and oxygen atoms in total. The van der Waals surface area contributed by atoms with Crippen LogP contribution >= 0.6 is 0 Å². The summed E-state index contributed by atoms with van der Waals surface area (Å²) >= 11 is 0. The minimum absolute atomic E-state index is 0. The van der Waals surface area contributed by atoms with Crippen molar-refractivity contribution >= 4 is 5.52 Å². The fraction of sp³-hybridized carbons (Fsp3) is 0.333. The predicted molar refractivity (Wildman–Crippen MR) is 92.1 cm³/mol. The summed E-state index contributed by atoms with van der Waals surface area (Å²) in [6.45, 7) is 9.09. The maximum absolute atomic E-state index is 5.22. The van der Waals surface area contributed by atoms with E-state index < -0.39 is 0 Å². The van der Waals surface area contributed by atoms with Gasteiger partial charge in [-0.1, -0.05) is 6.07 Å². The monoisotopic (exact) mass is 504 g/mol. The first-order valence-corrected chi connectivity index (χ1v) is 8.15. The minimum Gasteiger partial charge on any atom is -0.510 e. The SMILES string of the molecule is [CH2-]COc1cc2ccccn2n1.[CH2-]COc1cc2n(n1)CCCC2.[Y].[Y]. The molecule has 0 aromatic carbocycles. The van der Waals surface area contributed by atoms with Crippen molar-refractivity contribution in [3.63, 3.8) is 0 Å². The molecule has 0 amide bonds. The van der Waals surface area contributed by atoms with Gasteiger partial charge in [-0.15, -0.1) is 10.2 Å². The van der Waals surface area contributed by atoms with Crippen LogP contribution in [0.5, 0.6) is 11.8 Å². The van der Waals surface area contributed by atoms with Crippen LogP contribution in [-0.4, -0.2) is 32.6 Å². The molecule has 0 bridgehead atoms. The zero-order valence-corrected chi connectivity index (χ0v) is 20.6. The molecule has 1 aliphatic rings. The van der Waals surface area contributed by atoms with E-state index in [0.29, 0.717) is 19.1 Å². The number of ether oxygens (including phenoxy) is 2. The van der Waals surface area contributed by atoms with Gasteiger partial charge in [0.05, 0.1) is 5.52 Å². The molecule has 0 N–H and O–H groups in total. The molecular weight excluding hydrogens is 482 g/mol. The van der Waals surface area contributed by atoms with Crippen LogP contribution in [0.25, 0.3) is 5.52 Å². The standard InChI is InChI=1S/C9H13N2O.C9H9N2O.2Y/c2*1-2-12-9-7-8-5-3-4-6-11(8)10-9;;/h7H,1-6H2;3-7H,1-2H2;;/q2*-1;;. The van der Waals surface area contributed by atoms with Crippen LogP contribution in [0.2, 0.25) is 0 Å². The van der Waals surface area contributed by atoms with Crippen LogP contribution in [0.1, 0.15) is 18.5 Å². The van der Waals surface area contributed by atoms with Crippen molar-refractivity contribution in [2.24, 2.45) is 0 Å².